The van der Waals surface area contributed by atoms with Crippen molar-refractivity contribution in [3.63, 3.8) is 0 Å². The molecule has 0 saturated carbocycles. The Balaban J connectivity index is 1.95. The molecule has 0 aliphatic carbocycles. The Kier molecular flexibility index (Phi) is 1.52. The lowest BCUT2D eigenvalue weighted by Crippen LogP contribution is -2.29. The van der Waals surface area contributed by atoms with Gasteiger partial charge in [-0.05, 0) is 18.2 Å². The Morgan fingerprint density at radius 2 is 1.47 bits per heavy atom. The van der Waals surface area contributed by atoms with E-state index in [1.807, 2.05) is 19.2 Å². The zero-order chi connectivity index (χ0) is 11.7. The molecule has 0 aromatic heterocycles. The molecule has 1 N–H and O–H groups in total. The van der Waals surface area contributed by atoms with Gasteiger partial charge in [0.25, 0.3) is 0 Å². The predicted octanol–water partition coefficient (Wildman–Crippen LogP) is 0.617. The van der Waals surface area contributed by atoms with E-state index in [4.69, 9.17) is 0 Å². The lowest BCUT2D eigenvalue weighted by molar-refractivity contribution is -0.127. The molecule has 1 aromatic rings. The first-order valence-electron chi connectivity index (χ1n) is 5.85. The van der Waals surface area contributed by atoms with Crippen molar-refractivity contribution < 1.29 is 9.59 Å². The standard InChI is InChI=1S/C13H12N2O2/c1-15-10-6-4-2-3-5-7(6)11(15)9-8(10)12(16)14-13(9)17/h2-5,8-11H,1H3,(H,14,16,17)/t8-,9?,10?,11?/m1/s1. The Morgan fingerprint density at radius 3 is 1.94 bits per heavy atom. The smallest absolute Gasteiger partial charge is 0.232 e. The minimum Gasteiger partial charge on any atom is -0.296 e. The van der Waals surface area contributed by atoms with Gasteiger partial charge in [-0.15, -0.1) is 0 Å². The van der Waals surface area contributed by atoms with E-state index < -0.39 is 0 Å². The van der Waals surface area contributed by atoms with Gasteiger partial charge in [-0.3, -0.25) is 19.8 Å². The summed E-state index contributed by atoms with van der Waals surface area (Å²) in [4.78, 5) is 25.9. The second-order valence-electron chi connectivity index (χ2n) is 5.09. The van der Waals surface area contributed by atoms with E-state index in [9.17, 15) is 9.59 Å². The fraction of sp³-hybridized carbons (Fsp3) is 0.385. The number of carbonyl (C=O) groups excluding carboxylic acids is 2. The molecule has 2 bridgehead atoms. The molecule has 0 spiro atoms. The molecule has 4 rings (SSSR count). The molecular weight excluding hydrogens is 216 g/mol. The van der Waals surface area contributed by atoms with E-state index in [1.54, 1.807) is 0 Å². The van der Waals surface area contributed by atoms with E-state index in [1.165, 1.54) is 11.1 Å². The van der Waals surface area contributed by atoms with Crippen LogP contribution < -0.4 is 5.32 Å². The molecule has 2 fully saturated rings. The van der Waals surface area contributed by atoms with Gasteiger partial charge < -0.3 is 0 Å². The maximum Gasteiger partial charge on any atom is 0.232 e. The molecule has 86 valence electrons. The van der Waals surface area contributed by atoms with Crippen LogP contribution in [0.2, 0.25) is 0 Å². The number of imide groups is 1. The van der Waals surface area contributed by atoms with Crippen molar-refractivity contribution in [3.05, 3.63) is 35.4 Å². The molecule has 1 aromatic carbocycles. The topological polar surface area (TPSA) is 49.4 Å². The number of fused-ring (bicyclic) bond motifs is 8. The van der Waals surface area contributed by atoms with Gasteiger partial charge in [-0.2, -0.15) is 0 Å². The molecule has 4 atom stereocenters. The summed E-state index contributed by atoms with van der Waals surface area (Å²) in [5.74, 6) is -0.581. The summed E-state index contributed by atoms with van der Waals surface area (Å²) in [6.45, 7) is 0. The van der Waals surface area contributed by atoms with Gasteiger partial charge in [0.15, 0.2) is 0 Å². The van der Waals surface area contributed by atoms with Gasteiger partial charge in [0.2, 0.25) is 11.8 Å². The summed E-state index contributed by atoms with van der Waals surface area (Å²) in [6, 6.07) is 8.29. The summed E-state index contributed by atoms with van der Waals surface area (Å²) in [7, 11) is 2.01. The van der Waals surface area contributed by atoms with Crippen LogP contribution in [-0.2, 0) is 9.59 Å². The van der Waals surface area contributed by atoms with Crippen molar-refractivity contribution in [1.82, 2.24) is 10.2 Å². The van der Waals surface area contributed by atoms with Crippen molar-refractivity contribution in [2.24, 2.45) is 11.8 Å². The van der Waals surface area contributed by atoms with Crippen molar-refractivity contribution in [1.29, 1.82) is 0 Å². The van der Waals surface area contributed by atoms with Crippen molar-refractivity contribution >= 4 is 11.8 Å². The van der Waals surface area contributed by atoms with Gasteiger partial charge >= 0.3 is 0 Å². The van der Waals surface area contributed by atoms with Crippen LogP contribution in [0.15, 0.2) is 24.3 Å². The van der Waals surface area contributed by atoms with Crippen LogP contribution in [0.1, 0.15) is 23.2 Å². The summed E-state index contributed by atoms with van der Waals surface area (Å²) >= 11 is 0. The number of nitrogens with one attached hydrogen (secondary N) is 1. The van der Waals surface area contributed by atoms with E-state index in [2.05, 4.69) is 22.3 Å². The molecule has 4 nitrogen and oxygen atoms in total. The van der Waals surface area contributed by atoms with Crippen LogP contribution in [0, 0.1) is 11.8 Å². The third kappa shape index (κ3) is 0.894. The van der Waals surface area contributed by atoms with Crippen LogP contribution >= 0.6 is 0 Å². The van der Waals surface area contributed by atoms with Gasteiger partial charge in [-0.1, -0.05) is 24.3 Å². The van der Waals surface area contributed by atoms with Gasteiger partial charge in [0, 0.05) is 12.1 Å². The fourth-order valence-corrected chi connectivity index (χ4v) is 3.85. The largest absolute Gasteiger partial charge is 0.296 e. The van der Waals surface area contributed by atoms with E-state index in [-0.39, 0.29) is 35.7 Å². The summed E-state index contributed by atoms with van der Waals surface area (Å²) in [5, 5.41) is 2.47. The maximum atomic E-state index is 11.9. The molecule has 3 unspecified atom stereocenters. The van der Waals surface area contributed by atoms with Crippen LogP contribution in [-0.4, -0.2) is 23.8 Å². The Morgan fingerprint density at radius 1 is 1.00 bits per heavy atom. The summed E-state index contributed by atoms with van der Waals surface area (Å²) < 4.78 is 0. The van der Waals surface area contributed by atoms with Crippen molar-refractivity contribution in [2.75, 3.05) is 7.05 Å². The van der Waals surface area contributed by atoms with Crippen LogP contribution in [0.5, 0.6) is 0 Å². The molecule has 3 heterocycles. The molecule has 2 amide bonds. The zero-order valence-corrected chi connectivity index (χ0v) is 9.38. The Hall–Kier alpha value is -1.68. The number of rotatable bonds is 0. The summed E-state index contributed by atoms with van der Waals surface area (Å²) in [6.07, 6.45) is 0. The normalized spacial score (nSPS) is 38.2. The SMILES string of the molecule is CN1C2c3ccccc3C1[C@@H]1C(=O)NC(=O)C21. The first-order chi connectivity index (χ1) is 8.20. The average molecular weight is 228 g/mol. The highest BCUT2D eigenvalue weighted by Gasteiger charge is 2.62. The molecule has 4 heteroatoms. The van der Waals surface area contributed by atoms with E-state index in [0.29, 0.717) is 0 Å². The molecule has 3 aliphatic heterocycles. The second-order valence-corrected chi connectivity index (χ2v) is 5.09. The summed E-state index contributed by atoms with van der Waals surface area (Å²) in [5.41, 5.74) is 2.43. The zero-order valence-electron chi connectivity index (χ0n) is 9.38. The third-order valence-corrected chi connectivity index (χ3v) is 4.43. The third-order valence-electron chi connectivity index (χ3n) is 4.43. The van der Waals surface area contributed by atoms with Gasteiger partial charge in [-0.25, -0.2) is 0 Å². The minimum atomic E-state index is -0.188. The van der Waals surface area contributed by atoms with Crippen LogP contribution in [0.4, 0.5) is 0 Å². The Bertz CT molecular complexity index is 507. The lowest BCUT2D eigenvalue weighted by Gasteiger charge is -2.21. The average Bonchev–Trinajstić information content (AvgIpc) is 2.88. The molecule has 3 aliphatic rings. The number of hydrogen-bond acceptors (Lipinski definition) is 3. The molecule has 0 radical (unpaired) electrons. The minimum absolute atomic E-state index is 0.0765. The highest BCUT2D eigenvalue weighted by molar-refractivity contribution is 6.07. The molecular formula is C13H12N2O2. The van der Waals surface area contributed by atoms with Gasteiger partial charge in [0.05, 0.1) is 11.8 Å². The Labute approximate surface area is 98.6 Å². The molecule has 17 heavy (non-hydrogen) atoms. The van der Waals surface area contributed by atoms with Crippen LogP contribution in [0.3, 0.4) is 0 Å². The monoisotopic (exact) mass is 228 g/mol. The highest BCUT2D eigenvalue weighted by Crippen LogP contribution is 2.59. The number of benzene rings is 1. The predicted molar refractivity (Wildman–Crippen MR) is 59.8 cm³/mol. The molecule has 2 saturated heterocycles. The highest BCUT2D eigenvalue weighted by atomic mass is 16.2. The van der Waals surface area contributed by atoms with Crippen LogP contribution in [0.25, 0.3) is 0 Å². The maximum absolute atomic E-state index is 11.9. The van der Waals surface area contributed by atoms with E-state index >= 15 is 0 Å². The first kappa shape index (κ1) is 9.36. The number of nitrogens with zero attached hydrogens (tertiary/aromatic N) is 1. The second kappa shape index (κ2) is 2.76. The van der Waals surface area contributed by atoms with Gasteiger partial charge in [0.1, 0.15) is 0 Å². The number of carbonyl (C=O) groups is 2. The number of hydrogen-bond donors (Lipinski definition) is 1. The lowest BCUT2D eigenvalue weighted by atomic mass is 9.77. The van der Waals surface area contributed by atoms with Crippen molar-refractivity contribution in [2.45, 2.75) is 12.1 Å². The quantitative estimate of drug-likeness (QED) is 0.662. The van der Waals surface area contributed by atoms with E-state index in [0.717, 1.165) is 0 Å². The number of amides is 2. The first-order valence-corrected chi connectivity index (χ1v) is 5.85. The van der Waals surface area contributed by atoms with Crippen molar-refractivity contribution in [3.8, 4) is 0 Å². The fourth-order valence-electron chi connectivity index (χ4n) is 3.85.